The highest BCUT2D eigenvalue weighted by Gasteiger charge is 2.35. The number of thiophene rings is 2. The Balaban J connectivity index is 0.000000183. The van der Waals surface area contributed by atoms with Crippen molar-refractivity contribution >= 4 is 57.4 Å². The van der Waals surface area contributed by atoms with Crippen LogP contribution in [0.15, 0.2) is 64.6 Å². The first-order valence-electron chi connectivity index (χ1n) is 21.8. The molecule has 3 aliphatic rings. The molecule has 0 unspecified atom stereocenters. The third-order valence-electron chi connectivity index (χ3n) is 11.7. The number of halogens is 1. The molecule has 3 aliphatic heterocycles. The summed E-state index contributed by atoms with van der Waals surface area (Å²) in [5, 5.41) is 20.4. The van der Waals surface area contributed by atoms with Gasteiger partial charge in [0.2, 0.25) is 5.91 Å². The van der Waals surface area contributed by atoms with Gasteiger partial charge in [-0.3, -0.25) is 28.7 Å². The first-order valence-corrected chi connectivity index (χ1v) is 23.8. The van der Waals surface area contributed by atoms with Gasteiger partial charge in [0.05, 0.1) is 17.8 Å². The number of aliphatic imine (C=N–C) groups is 2. The first-order chi connectivity index (χ1) is 30.3. The molecule has 0 aliphatic carbocycles. The number of carbonyl (C=O) groups is 2. The molecule has 63 heavy (non-hydrogen) atoms. The second kappa shape index (κ2) is 19.7. The van der Waals surface area contributed by atoms with Crippen LogP contribution >= 0.6 is 34.3 Å². The summed E-state index contributed by atoms with van der Waals surface area (Å²) in [5.41, 5.74) is 8.46. The van der Waals surface area contributed by atoms with Gasteiger partial charge in [-0.2, -0.15) is 0 Å². The van der Waals surface area contributed by atoms with E-state index in [0.29, 0.717) is 11.4 Å². The molecule has 1 saturated heterocycles. The van der Waals surface area contributed by atoms with Crippen LogP contribution < -0.4 is 0 Å². The van der Waals surface area contributed by atoms with Crippen molar-refractivity contribution in [2.45, 2.75) is 101 Å². The Labute approximate surface area is 383 Å². The number of aryl methyl sites for hydroxylation is 4. The number of fused-ring (bicyclic) bond motifs is 6. The van der Waals surface area contributed by atoms with Crippen LogP contribution in [0.3, 0.4) is 0 Å². The molecule has 2 atom stereocenters. The number of rotatable bonds is 7. The van der Waals surface area contributed by atoms with Gasteiger partial charge in [0.1, 0.15) is 39.5 Å². The van der Waals surface area contributed by atoms with Gasteiger partial charge in [-0.15, -0.1) is 43.1 Å². The number of amides is 1. The van der Waals surface area contributed by atoms with E-state index in [-0.39, 0.29) is 24.2 Å². The lowest BCUT2D eigenvalue weighted by Crippen LogP contribution is -2.48. The molecular formula is C48H57ClN10O2S2. The predicted molar refractivity (Wildman–Crippen MR) is 256 cm³/mol. The Morgan fingerprint density at radius 1 is 0.651 bits per heavy atom. The van der Waals surface area contributed by atoms with Gasteiger partial charge in [0, 0.05) is 69.6 Å². The normalized spacial score (nSPS) is 16.7. The topological polar surface area (TPSA) is 127 Å². The zero-order chi connectivity index (χ0) is 45.1. The van der Waals surface area contributed by atoms with Crippen LogP contribution in [0.5, 0.6) is 0 Å². The molecule has 0 N–H and O–H groups in total. The van der Waals surface area contributed by atoms with E-state index >= 15 is 0 Å². The maximum Gasteiger partial charge on any atom is 0.225 e. The van der Waals surface area contributed by atoms with E-state index in [0.717, 1.165) is 99.7 Å². The lowest BCUT2D eigenvalue weighted by molar-refractivity contribution is -0.133. The van der Waals surface area contributed by atoms with Gasteiger partial charge in [-0.05, 0) is 78.3 Å². The van der Waals surface area contributed by atoms with E-state index in [4.69, 9.17) is 21.6 Å². The molecule has 1 amide bonds. The van der Waals surface area contributed by atoms with E-state index in [9.17, 15) is 9.59 Å². The Kier molecular flexibility index (Phi) is 14.3. The van der Waals surface area contributed by atoms with E-state index in [1.54, 1.807) is 29.6 Å². The minimum atomic E-state index is -0.414. The molecule has 6 aromatic rings. The highest BCUT2D eigenvalue weighted by Crippen LogP contribution is 2.41. The number of piperazine rings is 1. The number of hydrogen-bond acceptors (Lipinski definition) is 11. The minimum absolute atomic E-state index is 0.0940. The molecule has 1 fully saturated rings. The fourth-order valence-corrected chi connectivity index (χ4v) is 10.7. The summed E-state index contributed by atoms with van der Waals surface area (Å²) in [5.74, 6) is 3.30. The summed E-state index contributed by atoms with van der Waals surface area (Å²) in [6.45, 7) is 24.8. The Bertz CT molecular complexity index is 2670. The Morgan fingerprint density at radius 2 is 1.11 bits per heavy atom. The SMILES string of the molecule is CC(=O)C[C@@H]1N=C(c2ccccc2)c2c(sc(C)c2C)-n2c(C)nnc21.CCC.CCN1CCN(C(=O)C[C@@H]2N=C(c3ccc(Cl)cc3)c3c(sc(C)c3C)-n3c(C)nnc32)CC1. The van der Waals surface area contributed by atoms with Crippen LogP contribution in [0.25, 0.3) is 10.0 Å². The summed E-state index contributed by atoms with van der Waals surface area (Å²) in [4.78, 5) is 42.3. The van der Waals surface area contributed by atoms with Gasteiger partial charge in [-0.1, -0.05) is 81.3 Å². The fraction of sp³-hybridized carbons (Fsp3) is 0.417. The van der Waals surface area contributed by atoms with Crippen molar-refractivity contribution in [2.24, 2.45) is 9.98 Å². The molecule has 15 heteroatoms. The molecule has 0 bridgehead atoms. The summed E-state index contributed by atoms with van der Waals surface area (Å²) in [6, 6.07) is 17.2. The average Bonchev–Trinajstić information content (AvgIpc) is 3.96. The van der Waals surface area contributed by atoms with Crippen LogP contribution in [0.1, 0.15) is 125 Å². The van der Waals surface area contributed by atoms with Gasteiger partial charge in [-0.25, -0.2) is 0 Å². The zero-order valence-electron chi connectivity index (χ0n) is 38.0. The molecule has 330 valence electrons. The van der Waals surface area contributed by atoms with Crippen molar-refractivity contribution in [1.82, 2.24) is 39.3 Å². The van der Waals surface area contributed by atoms with Crippen molar-refractivity contribution < 1.29 is 9.59 Å². The Morgan fingerprint density at radius 3 is 1.57 bits per heavy atom. The van der Waals surface area contributed by atoms with Crippen molar-refractivity contribution in [3.05, 3.63) is 126 Å². The quantitative estimate of drug-likeness (QED) is 0.156. The molecule has 7 heterocycles. The van der Waals surface area contributed by atoms with Crippen LogP contribution in [0.2, 0.25) is 5.02 Å². The number of carbonyl (C=O) groups excluding carboxylic acids is 2. The summed E-state index contributed by atoms with van der Waals surface area (Å²) in [7, 11) is 0. The maximum absolute atomic E-state index is 13.4. The average molecular weight is 906 g/mol. The fourth-order valence-electron chi connectivity index (χ4n) is 8.13. The van der Waals surface area contributed by atoms with Gasteiger partial charge >= 0.3 is 0 Å². The van der Waals surface area contributed by atoms with Crippen LogP contribution in [-0.2, 0) is 9.59 Å². The smallest absolute Gasteiger partial charge is 0.225 e. The van der Waals surface area contributed by atoms with Crippen LogP contribution in [0, 0.1) is 41.5 Å². The van der Waals surface area contributed by atoms with Gasteiger partial charge in [0.15, 0.2) is 11.6 Å². The van der Waals surface area contributed by atoms with Crippen LogP contribution in [0.4, 0.5) is 0 Å². The van der Waals surface area contributed by atoms with E-state index < -0.39 is 6.04 Å². The van der Waals surface area contributed by atoms with Crippen molar-refractivity contribution in [3.8, 4) is 10.0 Å². The van der Waals surface area contributed by atoms with Crippen molar-refractivity contribution in [2.75, 3.05) is 32.7 Å². The molecule has 9 rings (SSSR count). The highest BCUT2D eigenvalue weighted by atomic mass is 35.5. The standard InChI is InChI=1S/C25H29ClN6OS.C20H20N4OS.C3H8/c1-5-30-10-12-31(13-11-30)21(33)14-20-24-29-28-17(4)32(24)25-22(15(2)16(3)34-25)23(27-20)18-6-8-19(26)9-7-18;1-11(25)10-16-19-23-22-14(4)24(19)20-17(12(2)13(3)26-20)18(21-16)15-8-6-5-7-9-15;1-3-2/h6-9,20H,5,10-14H2,1-4H3;5-9,16H,10H2,1-4H3;3H2,1-2H3/t20-;16-;/m00./s1. The number of benzene rings is 2. The number of nitrogens with zero attached hydrogens (tertiary/aromatic N) is 10. The summed E-state index contributed by atoms with van der Waals surface area (Å²) >= 11 is 9.63. The van der Waals surface area contributed by atoms with Crippen molar-refractivity contribution in [3.63, 3.8) is 0 Å². The first kappa shape index (κ1) is 45.9. The molecule has 0 saturated carbocycles. The molecule has 0 radical (unpaired) electrons. The third kappa shape index (κ3) is 9.41. The van der Waals surface area contributed by atoms with Crippen molar-refractivity contribution in [1.29, 1.82) is 0 Å². The molecule has 12 nitrogen and oxygen atoms in total. The van der Waals surface area contributed by atoms with E-state index in [2.05, 4.69) is 95.0 Å². The van der Waals surface area contributed by atoms with Gasteiger partial charge in [0.25, 0.3) is 0 Å². The second-order valence-electron chi connectivity index (χ2n) is 16.3. The maximum atomic E-state index is 13.4. The minimum Gasteiger partial charge on any atom is -0.340 e. The highest BCUT2D eigenvalue weighted by molar-refractivity contribution is 7.15. The largest absolute Gasteiger partial charge is 0.340 e. The Hall–Kier alpha value is -5.15. The number of ketones is 1. The summed E-state index contributed by atoms with van der Waals surface area (Å²) < 4.78 is 4.17. The number of hydrogen-bond donors (Lipinski definition) is 0. The number of aromatic nitrogens is 6. The van der Waals surface area contributed by atoms with Crippen LogP contribution in [-0.4, -0.2) is 95.2 Å². The summed E-state index contributed by atoms with van der Waals surface area (Å²) in [6.07, 6.45) is 1.84. The zero-order valence-corrected chi connectivity index (χ0v) is 40.4. The molecule has 4 aromatic heterocycles. The second-order valence-corrected chi connectivity index (χ2v) is 19.1. The monoisotopic (exact) mass is 904 g/mol. The molecular weight excluding hydrogens is 848 g/mol. The lowest BCUT2D eigenvalue weighted by atomic mass is 9.99. The number of Topliss-reactive ketones (excluding diaryl/α,β-unsaturated/α-hetero) is 1. The number of likely N-dealkylation sites (N-methyl/N-ethyl adjacent to an activating group) is 1. The lowest BCUT2D eigenvalue weighted by Gasteiger charge is -2.34. The molecule has 2 aromatic carbocycles. The van der Waals surface area contributed by atoms with E-state index in [1.807, 2.05) is 61.2 Å². The third-order valence-corrected chi connectivity index (χ3v) is 14.3. The molecule has 0 spiro atoms. The predicted octanol–water partition coefficient (Wildman–Crippen LogP) is 9.90. The van der Waals surface area contributed by atoms with Gasteiger partial charge < -0.3 is 9.80 Å². The van der Waals surface area contributed by atoms with E-state index in [1.165, 1.54) is 27.3 Å².